The zero-order valence-corrected chi connectivity index (χ0v) is 69.2. The lowest BCUT2D eigenvalue weighted by Crippen LogP contribution is -2.53. The zero-order valence-electron chi connectivity index (χ0n) is 69.2. The summed E-state index contributed by atoms with van der Waals surface area (Å²) >= 11 is 0. The average Bonchev–Trinajstić information content (AvgIpc) is 0.845. The molecule has 0 bridgehead atoms. The number of nitrogens with zero attached hydrogens (tertiary/aromatic N) is 4. The van der Waals surface area contributed by atoms with Crippen molar-refractivity contribution in [1.82, 2.24) is 30.4 Å². The molecular formula is C98H102N6O14. The second-order valence-corrected chi connectivity index (χ2v) is 36.9. The normalized spacial score (nSPS) is 20.0. The first-order valence-electron chi connectivity index (χ1n) is 41.6. The van der Waals surface area contributed by atoms with Crippen LogP contribution in [0.3, 0.4) is 0 Å². The van der Waals surface area contributed by atoms with Gasteiger partial charge in [-0.1, -0.05) is 132 Å². The fraction of sp³-hybridized carbons (Fsp3) is 0.388. The van der Waals surface area contributed by atoms with E-state index < -0.39 is 59.9 Å². The molecule has 118 heavy (non-hydrogen) atoms. The number of hydrogen-bond acceptors (Lipinski definition) is 18. The lowest BCUT2D eigenvalue weighted by atomic mass is 9.80. The first kappa shape index (κ1) is 79.3. The highest BCUT2D eigenvalue weighted by Gasteiger charge is 2.48. The van der Waals surface area contributed by atoms with E-state index in [4.69, 9.17) is 37.9 Å². The van der Waals surface area contributed by atoms with Crippen LogP contribution >= 0.6 is 0 Å². The van der Waals surface area contributed by atoms with Gasteiger partial charge in [-0.15, -0.1) is 0 Å². The van der Waals surface area contributed by atoms with E-state index in [-0.39, 0.29) is 126 Å². The molecule has 4 fully saturated rings. The Labute approximate surface area is 687 Å². The van der Waals surface area contributed by atoms with Crippen molar-refractivity contribution < 1.29 is 66.7 Å². The number of hydrogen-bond donors (Lipinski definition) is 2. The predicted molar refractivity (Wildman–Crippen MR) is 453 cm³/mol. The van der Waals surface area contributed by atoms with Crippen LogP contribution in [0.4, 0.5) is 0 Å². The number of rotatable bonds is 24. The summed E-state index contributed by atoms with van der Waals surface area (Å²) < 4.78 is 54.2. The number of fused-ring (bicyclic) bond motifs is 2. The van der Waals surface area contributed by atoms with Gasteiger partial charge in [0.05, 0.1) is 47.7 Å². The lowest BCUT2D eigenvalue weighted by molar-refractivity contribution is -0.156. The Morgan fingerprint density at radius 1 is 0.390 bits per heavy atom. The minimum absolute atomic E-state index is 0.00395. The fourth-order valence-electron chi connectivity index (χ4n) is 17.4. The average molecular weight is 1590 g/mol. The maximum absolute atomic E-state index is 16.9. The molecule has 2 N–H and O–H groups in total. The molecule has 20 nitrogen and oxygen atoms in total. The largest absolute Gasteiger partial charge is 0.461 e. The van der Waals surface area contributed by atoms with Crippen LogP contribution in [-0.2, 0) is 63.0 Å². The Balaban J connectivity index is 0.954. The van der Waals surface area contributed by atoms with E-state index in [2.05, 4.69) is 104 Å². The minimum atomic E-state index is -1.52. The molecular weight excluding hydrogens is 1490 g/mol. The summed E-state index contributed by atoms with van der Waals surface area (Å²) in [4.78, 5) is 110. The van der Waals surface area contributed by atoms with E-state index in [0.717, 1.165) is 57.7 Å². The number of epoxide rings is 2. The molecule has 2 saturated carbocycles. The first-order chi connectivity index (χ1) is 56.4. The monoisotopic (exact) mass is 1590 g/mol. The van der Waals surface area contributed by atoms with Crippen LogP contribution in [0.1, 0.15) is 209 Å². The number of imide groups is 2. The first-order valence-corrected chi connectivity index (χ1v) is 41.6. The van der Waals surface area contributed by atoms with Crippen LogP contribution in [-0.4, -0.2) is 130 Å². The molecule has 11 aromatic rings. The summed E-state index contributed by atoms with van der Waals surface area (Å²) in [6, 6.07) is 41.4. The van der Waals surface area contributed by atoms with Crippen molar-refractivity contribution in [2.45, 2.75) is 218 Å². The Morgan fingerprint density at radius 3 is 0.915 bits per heavy atom. The standard InChI is InChI=1S/C98H102N6O14/c1-95(2,3)57-19-27-63(28-20-57)113-77-47-71-81-72(90(106)103(89(71)105)75(43-55-35-39-99-40-36-55)93(109)117-67-17-13-15-61(45-67)101-51-69-53-111-69)49-79(115-65-31-23-59(24-32-65)97(7,8)9)85-86-80(116-66-33-25-60(26-34-66)98(10,11)12)50-74-82-73(48-78(84(88(82)86)83(77)87(81)85)114-64-29-21-58(22-30-64)96(4,5)6)91(107)104(92(74)108)76(44-56-37-41-100-42-38-56)94(110)118-68-18-14-16-62(46-68)102-52-70-54-112-70/h19-42,47-50,61-62,67-70,75-76,101-102H,13-18,43-46,51-54H2,1-12H3. The highest BCUT2D eigenvalue weighted by atomic mass is 16.6. The third-order valence-corrected chi connectivity index (χ3v) is 24.2. The predicted octanol–water partition coefficient (Wildman–Crippen LogP) is 19.0. The van der Waals surface area contributed by atoms with Crippen LogP contribution in [0, 0.1) is 0 Å². The Kier molecular flexibility index (Phi) is 21.0. The highest BCUT2D eigenvalue weighted by molar-refractivity contribution is 6.45. The van der Waals surface area contributed by atoms with Crippen molar-refractivity contribution in [3.05, 3.63) is 226 Å². The third kappa shape index (κ3) is 16.1. The van der Waals surface area contributed by atoms with Gasteiger partial charge in [0.15, 0.2) is 0 Å². The van der Waals surface area contributed by atoms with Gasteiger partial charge in [-0.3, -0.25) is 38.9 Å². The van der Waals surface area contributed by atoms with E-state index in [1.807, 2.05) is 97.1 Å². The number of nitrogens with one attached hydrogen (secondary N) is 2. The van der Waals surface area contributed by atoms with E-state index >= 15 is 28.8 Å². The quantitative estimate of drug-likeness (QED) is 0.0188. The van der Waals surface area contributed by atoms with Gasteiger partial charge in [-0.05, 0) is 203 Å². The molecule has 608 valence electrons. The number of ether oxygens (including phenoxy) is 8. The smallest absolute Gasteiger partial charge is 0.330 e. The molecule has 8 atom stereocenters. The molecule has 0 radical (unpaired) electrons. The van der Waals surface area contributed by atoms with Crippen LogP contribution in [0.5, 0.6) is 46.0 Å². The highest BCUT2D eigenvalue weighted by Crippen LogP contribution is 2.59. The van der Waals surface area contributed by atoms with Gasteiger partial charge in [0, 0.05) is 106 Å². The van der Waals surface area contributed by atoms with Crippen molar-refractivity contribution in [2.24, 2.45) is 0 Å². The molecule has 4 amide bonds. The van der Waals surface area contributed by atoms with Crippen LogP contribution in [0.25, 0.3) is 43.1 Å². The molecule has 17 rings (SSSR count). The summed E-state index contributed by atoms with van der Waals surface area (Å²) in [6.45, 7) is 28.2. The molecule has 8 unspecified atom stereocenters. The molecule has 9 aromatic carbocycles. The summed E-state index contributed by atoms with van der Waals surface area (Å²) in [5.41, 5.74) is 4.20. The summed E-state index contributed by atoms with van der Waals surface area (Å²) in [6.07, 6.45) is 10.9. The molecule has 6 heterocycles. The second kappa shape index (κ2) is 31.3. The number of esters is 2. The van der Waals surface area contributed by atoms with E-state index in [1.165, 1.54) is 0 Å². The number of carbonyl (C=O) groups is 6. The molecule has 2 aromatic heterocycles. The van der Waals surface area contributed by atoms with Gasteiger partial charge in [0.2, 0.25) is 0 Å². The van der Waals surface area contributed by atoms with E-state index in [0.29, 0.717) is 108 Å². The zero-order chi connectivity index (χ0) is 82.4. The minimum Gasteiger partial charge on any atom is -0.461 e. The van der Waals surface area contributed by atoms with Crippen molar-refractivity contribution >= 4 is 78.7 Å². The van der Waals surface area contributed by atoms with Crippen molar-refractivity contribution in [1.29, 1.82) is 0 Å². The Hall–Kier alpha value is -11.2. The number of pyridine rings is 2. The topological polar surface area (TPSA) is 239 Å². The van der Waals surface area contributed by atoms with Gasteiger partial charge in [-0.2, -0.15) is 0 Å². The summed E-state index contributed by atoms with van der Waals surface area (Å²) in [5, 5.41) is 9.35. The molecule has 4 aliphatic heterocycles. The van der Waals surface area contributed by atoms with Crippen LogP contribution < -0.4 is 29.6 Å². The van der Waals surface area contributed by atoms with Gasteiger partial charge in [-0.25, -0.2) is 9.59 Å². The van der Waals surface area contributed by atoms with Crippen LogP contribution in [0.2, 0.25) is 0 Å². The SMILES string of the molecule is CC(C)(C)c1ccc(Oc2cc3c4c(cc(Oc5ccc(C(C)(C)C)cc5)c5c6c(Oc7ccc(C(C)(C)C)cc7)cc7c8c(cc(Oc9ccc(C(C)(C)C)cc9)c(c2c45)c86)C(=O)N(C(Cc2ccncc2)C(=O)OC2CCCC(NCC4CO4)C2)C7=O)C(=O)N(C(Cc2ccncc2)C(=O)OC2CCCC(NCC4CO4)C2)C3=O)cc1. The molecule has 20 heteroatoms. The van der Waals surface area contributed by atoms with Gasteiger partial charge in [0.1, 0.15) is 70.3 Å². The van der Waals surface area contributed by atoms with Crippen molar-refractivity contribution in [3.8, 4) is 46.0 Å². The Bertz CT molecular complexity index is 5100. The van der Waals surface area contributed by atoms with Gasteiger partial charge in [0.25, 0.3) is 23.6 Å². The molecule has 6 aliphatic rings. The molecule has 2 saturated heterocycles. The van der Waals surface area contributed by atoms with Gasteiger partial charge >= 0.3 is 11.9 Å². The second-order valence-electron chi connectivity index (χ2n) is 36.9. The number of carbonyl (C=O) groups excluding carboxylic acids is 6. The number of amides is 4. The summed E-state index contributed by atoms with van der Waals surface area (Å²) in [5.74, 6) is -2.92. The Morgan fingerprint density at radius 2 is 0.661 bits per heavy atom. The summed E-state index contributed by atoms with van der Waals surface area (Å²) in [7, 11) is 0. The van der Waals surface area contributed by atoms with Gasteiger partial charge < -0.3 is 48.5 Å². The van der Waals surface area contributed by atoms with E-state index in [1.54, 1.807) is 73.3 Å². The van der Waals surface area contributed by atoms with E-state index in [9.17, 15) is 0 Å². The lowest BCUT2D eigenvalue weighted by Gasteiger charge is -2.36. The number of aromatic nitrogens is 2. The molecule has 0 spiro atoms. The van der Waals surface area contributed by atoms with Crippen molar-refractivity contribution in [3.63, 3.8) is 0 Å². The van der Waals surface area contributed by atoms with Crippen molar-refractivity contribution in [2.75, 3.05) is 26.3 Å². The van der Waals surface area contributed by atoms with Crippen LogP contribution in [0.15, 0.2) is 170 Å². The third-order valence-electron chi connectivity index (χ3n) is 24.2. The maximum Gasteiger partial charge on any atom is 0.330 e. The fourth-order valence-corrected chi connectivity index (χ4v) is 17.4. The molecule has 2 aliphatic carbocycles. The number of benzene rings is 9. The maximum atomic E-state index is 16.9.